The summed E-state index contributed by atoms with van der Waals surface area (Å²) in [7, 11) is 0. The van der Waals surface area contributed by atoms with E-state index in [4.69, 9.17) is 28.4 Å². The summed E-state index contributed by atoms with van der Waals surface area (Å²) in [6, 6.07) is 9.40. The fourth-order valence-corrected chi connectivity index (χ4v) is 7.94. The van der Waals surface area contributed by atoms with Gasteiger partial charge >= 0.3 is 29.8 Å². The topological polar surface area (TPSA) is 222 Å². The van der Waals surface area contributed by atoms with Crippen LogP contribution in [0.4, 0.5) is 0 Å². The Morgan fingerprint density at radius 2 is 1.63 bits per heavy atom. The second-order valence-electron chi connectivity index (χ2n) is 17.0. The van der Waals surface area contributed by atoms with Gasteiger partial charge in [-0.15, -0.1) is 0 Å². The van der Waals surface area contributed by atoms with Crippen molar-refractivity contribution < 1.29 is 72.5 Å². The van der Waals surface area contributed by atoms with Crippen LogP contribution in [0, 0.1) is 23.7 Å². The number of aliphatic carboxylic acids is 1. The van der Waals surface area contributed by atoms with E-state index in [9.17, 15) is 44.1 Å². The highest BCUT2D eigenvalue weighted by Gasteiger charge is 2.86. The normalized spacial score (nSPS) is 26.2. The van der Waals surface area contributed by atoms with E-state index in [2.05, 4.69) is 6.58 Å². The van der Waals surface area contributed by atoms with Crippen LogP contribution in [0.5, 0.6) is 0 Å². The lowest BCUT2D eigenvalue weighted by atomic mass is 9.74. The number of likely N-dealkylation sites (N-methyl/N-ethyl adjacent to an activating group) is 1. The number of carboxylic acid groups (broad SMARTS) is 1. The van der Waals surface area contributed by atoms with Crippen LogP contribution >= 0.6 is 0 Å². The molecule has 4 unspecified atom stereocenters. The summed E-state index contributed by atoms with van der Waals surface area (Å²) >= 11 is 0. The van der Waals surface area contributed by atoms with Gasteiger partial charge in [0.2, 0.25) is 23.1 Å². The van der Waals surface area contributed by atoms with Crippen molar-refractivity contribution in [2.75, 3.05) is 26.3 Å². The third kappa shape index (κ3) is 11.9. The molecule has 2 aliphatic heterocycles. The van der Waals surface area contributed by atoms with Gasteiger partial charge in [0.05, 0.1) is 6.61 Å². The van der Waals surface area contributed by atoms with Gasteiger partial charge in [0.1, 0.15) is 12.2 Å². The van der Waals surface area contributed by atoms with E-state index < -0.39 is 90.2 Å². The smallest absolute Gasteiger partial charge is 0.346 e. The Morgan fingerprint density at radius 1 is 0.984 bits per heavy atom. The Morgan fingerprint density at radius 3 is 2.19 bits per heavy atom. The van der Waals surface area contributed by atoms with Crippen LogP contribution in [-0.2, 0) is 63.6 Å². The third-order valence-electron chi connectivity index (χ3n) is 11.6. The van der Waals surface area contributed by atoms with Gasteiger partial charge in [-0.1, -0.05) is 91.0 Å². The van der Waals surface area contributed by atoms with Crippen LogP contribution in [-0.4, -0.2) is 124 Å². The molecule has 1 aromatic carbocycles. The number of rotatable bonds is 24. The molecule has 10 atom stereocenters. The minimum Gasteiger partial charge on any atom is -0.479 e. The SMILES string of the molecule is C=C(CCC12OC(C(=O)OCCC(C)C)C(O)(C(=O)OCC(=O)N(CC)CC)C(C(=O)O)(O1)[C@H](OC(=O)/C=C/[C@@H](C)C[C@@H](C)CC)[C@H]2O)[C@@H](OC(C)=O)[C@H](C)Cc1ccccc1. The maximum atomic E-state index is 14.3. The molecule has 2 bridgehead atoms. The molecule has 0 aliphatic carbocycles. The van der Waals surface area contributed by atoms with Crippen LogP contribution in [0.1, 0.15) is 100.0 Å². The van der Waals surface area contributed by atoms with Crippen LogP contribution < -0.4 is 0 Å². The number of amides is 1. The average molecular weight is 874 g/mol. The molecule has 1 aromatic rings. The van der Waals surface area contributed by atoms with Gasteiger partial charge in [-0.25, -0.2) is 19.2 Å². The molecule has 2 fully saturated rings. The first-order valence-electron chi connectivity index (χ1n) is 21.5. The molecule has 16 nitrogen and oxygen atoms in total. The van der Waals surface area contributed by atoms with Crippen molar-refractivity contribution >= 4 is 35.8 Å². The minimum atomic E-state index is -3.75. The number of carbonyl (C=O) groups is 6. The summed E-state index contributed by atoms with van der Waals surface area (Å²) in [6.45, 7) is 19.4. The van der Waals surface area contributed by atoms with Gasteiger partial charge in [-0.2, -0.15) is 0 Å². The number of carbonyl (C=O) groups excluding carboxylic acids is 5. The number of aliphatic hydroxyl groups excluding tert-OH is 1. The summed E-state index contributed by atoms with van der Waals surface area (Å²) < 4.78 is 34.3. The standard InChI is InChI=1S/C46H67NO15/c1-11-29(6)25-30(7)19-20-36(50)60-39-38(51)44(23-21-31(8)37(59-33(10)48)32(9)26-34-17-15-14-16-18-34)61-40(41(52)57-24-22-28(4)5)45(56,46(39,62-44)42(53)54)43(55)58-27-35(49)47(12-2)13-3/h14-20,28-30,32,37-40,51,56H,8,11-13,21-27H2,1-7,9-10H3,(H,53,54)/b20-19+/t29-,30+,32+,37+,38+,39+,40?,44?,45?,46?/m0/s1. The zero-order valence-corrected chi connectivity index (χ0v) is 37.6. The zero-order valence-electron chi connectivity index (χ0n) is 37.6. The summed E-state index contributed by atoms with van der Waals surface area (Å²) in [4.78, 5) is 82.5. The molecular formula is C46H67NO15. The lowest BCUT2D eigenvalue weighted by Crippen LogP contribution is -2.78. The van der Waals surface area contributed by atoms with Crippen LogP contribution in [0.15, 0.2) is 54.6 Å². The summed E-state index contributed by atoms with van der Waals surface area (Å²) in [6.07, 6.45) is -4.08. The molecule has 346 valence electrons. The first kappa shape index (κ1) is 51.7. The molecule has 0 saturated carbocycles. The second-order valence-corrected chi connectivity index (χ2v) is 17.0. The number of benzene rings is 1. The maximum Gasteiger partial charge on any atom is 0.346 e. The molecule has 2 saturated heterocycles. The summed E-state index contributed by atoms with van der Waals surface area (Å²) in [5, 5.41) is 36.0. The fourth-order valence-electron chi connectivity index (χ4n) is 7.94. The Kier molecular flexibility index (Phi) is 18.9. The quantitative estimate of drug-likeness (QED) is 0.0554. The number of ether oxygens (including phenoxy) is 6. The van der Waals surface area contributed by atoms with Crippen molar-refractivity contribution in [3.63, 3.8) is 0 Å². The highest BCUT2D eigenvalue weighted by atomic mass is 16.8. The molecule has 0 aromatic heterocycles. The van der Waals surface area contributed by atoms with Crippen LogP contribution in [0.25, 0.3) is 0 Å². The Labute approximate surface area is 364 Å². The number of fused-ring (bicyclic) bond motifs is 2. The molecule has 0 spiro atoms. The molecule has 2 heterocycles. The monoisotopic (exact) mass is 873 g/mol. The van der Waals surface area contributed by atoms with E-state index in [0.29, 0.717) is 25.2 Å². The van der Waals surface area contributed by atoms with Gasteiger partial charge in [-0.3, -0.25) is 9.59 Å². The van der Waals surface area contributed by atoms with Crippen molar-refractivity contribution in [3.05, 3.63) is 60.2 Å². The number of hydrogen-bond acceptors (Lipinski definition) is 14. The third-order valence-corrected chi connectivity index (χ3v) is 11.6. The molecule has 16 heteroatoms. The number of carboxylic acids is 1. The van der Waals surface area contributed by atoms with Gasteiger partial charge < -0.3 is 48.6 Å². The Hall–Kier alpha value is -4.64. The van der Waals surface area contributed by atoms with Crippen molar-refractivity contribution in [3.8, 4) is 0 Å². The Bertz CT molecular complexity index is 1760. The fraction of sp³-hybridized carbons (Fsp3) is 0.652. The molecule has 3 N–H and O–H groups in total. The van der Waals surface area contributed by atoms with E-state index in [1.807, 2.05) is 71.9 Å². The van der Waals surface area contributed by atoms with Crippen LogP contribution in [0.3, 0.4) is 0 Å². The van der Waals surface area contributed by atoms with E-state index >= 15 is 0 Å². The summed E-state index contributed by atoms with van der Waals surface area (Å²) in [5.74, 6) is -10.7. The van der Waals surface area contributed by atoms with E-state index in [-0.39, 0.29) is 49.4 Å². The van der Waals surface area contributed by atoms with Gasteiger partial charge in [-0.05, 0) is 68.4 Å². The molecule has 1 amide bonds. The number of allylic oxidation sites excluding steroid dienone is 1. The highest BCUT2D eigenvalue weighted by molar-refractivity contribution is 5.99. The lowest BCUT2D eigenvalue weighted by molar-refractivity contribution is -0.375. The van der Waals surface area contributed by atoms with E-state index in [1.54, 1.807) is 13.8 Å². The molecule has 0 radical (unpaired) electrons. The first-order chi connectivity index (χ1) is 29.1. The minimum absolute atomic E-state index is 0.0215. The van der Waals surface area contributed by atoms with Crippen molar-refractivity contribution in [1.82, 2.24) is 4.90 Å². The van der Waals surface area contributed by atoms with Crippen molar-refractivity contribution in [1.29, 1.82) is 0 Å². The van der Waals surface area contributed by atoms with Gasteiger partial charge in [0.15, 0.2) is 12.7 Å². The van der Waals surface area contributed by atoms with Crippen LogP contribution in [0.2, 0.25) is 0 Å². The number of hydrogen-bond donors (Lipinski definition) is 3. The average Bonchev–Trinajstić information content (AvgIpc) is 3.43. The van der Waals surface area contributed by atoms with E-state index in [1.165, 1.54) is 17.9 Å². The van der Waals surface area contributed by atoms with E-state index in [0.717, 1.165) is 18.1 Å². The second kappa shape index (κ2) is 22.6. The number of nitrogens with zero attached hydrogens (tertiary/aromatic N) is 1. The summed E-state index contributed by atoms with van der Waals surface area (Å²) in [5.41, 5.74) is -6.04. The van der Waals surface area contributed by atoms with Gasteiger partial charge in [0.25, 0.3) is 5.91 Å². The molecule has 3 rings (SSSR count). The van der Waals surface area contributed by atoms with Gasteiger partial charge in [0, 0.05) is 38.4 Å². The predicted octanol–water partition coefficient (Wildman–Crippen LogP) is 4.72. The lowest BCUT2D eigenvalue weighted by Gasteiger charge is -2.49. The first-order valence-corrected chi connectivity index (χ1v) is 21.5. The molecular weight excluding hydrogens is 806 g/mol. The Balaban J connectivity index is 2.20. The van der Waals surface area contributed by atoms with Crippen molar-refractivity contribution in [2.24, 2.45) is 23.7 Å². The zero-order chi connectivity index (χ0) is 46.6. The maximum absolute atomic E-state index is 14.3. The number of aliphatic hydroxyl groups is 2. The largest absolute Gasteiger partial charge is 0.479 e. The van der Waals surface area contributed by atoms with Crippen molar-refractivity contribution in [2.45, 2.75) is 142 Å². The predicted molar refractivity (Wildman–Crippen MR) is 225 cm³/mol. The highest BCUT2D eigenvalue weighted by Crippen LogP contribution is 2.56. The molecule has 2 aliphatic rings. The molecule has 62 heavy (non-hydrogen) atoms. The number of esters is 4.